The lowest BCUT2D eigenvalue weighted by atomic mass is 10.0. The molecule has 1 aliphatic heterocycles. The number of rotatable bonds is 3. The number of benzodiazepines with no additional fused rings is 1. The van der Waals surface area contributed by atoms with Crippen LogP contribution in [0.4, 0.5) is 10.5 Å². The molecular formula is C18H16ClN3O2S. The molecule has 2 aromatic rings. The summed E-state index contributed by atoms with van der Waals surface area (Å²) in [6.07, 6.45) is -1.30. The molecule has 0 spiro atoms. The maximum Gasteiger partial charge on any atom is 0.409 e. The number of thiocarbonyl (C=S) groups is 1. The third kappa shape index (κ3) is 3.97. The highest BCUT2D eigenvalue weighted by Crippen LogP contribution is 2.24. The molecule has 0 aromatic heterocycles. The fraction of sp³-hybridized carbons (Fsp3) is 0.167. The van der Waals surface area contributed by atoms with Gasteiger partial charge in [-0.2, -0.15) is 0 Å². The molecule has 0 radical (unpaired) electrons. The third-order valence-corrected chi connectivity index (χ3v) is 4.17. The molecule has 0 bridgehead atoms. The van der Waals surface area contributed by atoms with Gasteiger partial charge in [0.1, 0.15) is 4.99 Å². The highest BCUT2D eigenvalue weighted by Gasteiger charge is 2.24. The summed E-state index contributed by atoms with van der Waals surface area (Å²) in [5.41, 5.74) is 3.30. The van der Waals surface area contributed by atoms with Gasteiger partial charge in [-0.3, -0.25) is 10.3 Å². The number of carbonyl (C=O) groups is 1. The second kappa shape index (κ2) is 7.63. The van der Waals surface area contributed by atoms with Crippen molar-refractivity contribution in [3.05, 3.63) is 64.7 Å². The van der Waals surface area contributed by atoms with Crippen LogP contribution in [0.2, 0.25) is 5.02 Å². The van der Waals surface area contributed by atoms with Gasteiger partial charge in [-0.15, -0.1) is 0 Å². The van der Waals surface area contributed by atoms with Crippen LogP contribution in [0.5, 0.6) is 0 Å². The predicted octanol–water partition coefficient (Wildman–Crippen LogP) is 4.00. The van der Waals surface area contributed by atoms with Crippen molar-refractivity contribution in [1.29, 1.82) is 0 Å². The van der Waals surface area contributed by atoms with Crippen molar-refractivity contribution in [3.63, 3.8) is 0 Å². The molecule has 1 amide bonds. The zero-order valence-corrected chi connectivity index (χ0v) is 15.0. The number of nitrogens with zero attached hydrogens (tertiary/aromatic N) is 1. The standard InChI is InChI=1S/C18H16ClN3O2S/c1-2-24-18(23)22-16-17(25)20-14-6-4-3-5-13(14)15(21-16)11-7-9-12(19)10-8-11/h3-10,16H,2H2,1H3,(H,20,25)(H,22,23). The van der Waals surface area contributed by atoms with E-state index in [1.807, 2.05) is 36.4 Å². The lowest BCUT2D eigenvalue weighted by Gasteiger charge is -2.15. The normalized spacial score (nSPS) is 16.2. The van der Waals surface area contributed by atoms with E-state index < -0.39 is 12.3 Å². The number of nitrogens with one attached hydrogen (secondary N) is 2. The van der Waals surface area contributed by atoms with E-state index >= 15 is 0 Å². The topological polar surface area (TPSA) is 62.7 Å². The van der Waals surface area contributed by atoms with Crippen LogP contribution in [-0.4, -0.2) is 29.6 Å². The van der Waals surface area contributed by atoms with Crippen LogP contribution in [-0.2, 0) is 4.74 Å². The molecule has 7 heteroatoms. The van der Waals surface area contributed by atoms with Crippen LogP contribution in [0.1, 0.15) is 18.1 Å². The number of para-hydroxylation sites is 1. The second-order valence-electron chi connectivity index (χ2n) is 5.29. The first-order chi connectivity index (χ1) is 12.1. The Bertz CT molecular complexity index is 836. The van der Waals surface area contributed by atoms with E-state index in [9.17, 15) is 4.79 Å². The molecule has 0 fully saturated rings. The van der Waals surface area contributed by atoms with Gasteiger partial charge < -0.3 is 10.1 Å². The molecule has 25 heavy (non-hydrogen) atoms. The van der Waals surface area contributed by atoms with Crippen molar-refractivity contribution in [3.8, 4) is 0 Å². The molecule has 2 N–H and O–H groups in total. The fourth-order valence-electron chi connectivity index (χ4n) is 2.48. The molecular weight excluding hydrogens is 358 g/mol. The van der Waals surface area contributed by atoms with Crippen LogP contribution in [0.15, 0.2) is 53.5 Å². The Morgan fingerprint density at radius 1 is 1.28 bits per heavy atom. The van der Waals surface area contributed by atoms with Crippen molar-refractivity contribution in [2.24, 2.45) is 4.99 Å². The van der Waals surface area contributed by atoms with Gasteiger partial charge in [0.15, 0.2) is 6.17 Å². The summed E-state index contributed by atoms with van der Waals surface area (Å²) in [6.45, 7) is 2.01. The lowest BCUT2D eigenvalue weighted by Crippen LogP contribution is -2.41. The maximum atomic E-state index is 11.8. The van der Waals surface area contributed by atoms with E-state index in [2.05, 4.69) is 15.6 Å². The second-order valence-corrected chi connectivity index (χ2v) is 6.16. The highest BCUT2D eigenvalue weighted by molar-refractivity contribution is 7.80. The van der Waals surface area contributed by atoms with Crippen LogP contribution in [0.25, 0.3) is 0 Å². The molecule has 1 heterocycles. The minimum Gasteiger partial charge on any atom is -0.450 e. The number of carbonyl (C=O) groups excluding carboxylic acids is 1. The van der Waals surface area contributed by atoms with Crippen molar-refractivity contribution < 1.29 is 9.53 Å². The molecule has 1 unspecified atom stereocenters. The molecule has 0 saturated heterocycles. The largest absolute Gasteiger partial charge is 0.450 e. The summed E-state index contributed by atoms with van der Waals surface area (Å²) in [7, 11) is 0. The minimum atomic E-state index is -0.730. The van der Waals surface area contributed by atoms with E-state index in [0.717, 1.165) is 16.8 Å². The molecule has 3 rings (SSSR count). The number of alkyl carbamates (subject to hydrolysis) is 1. The Hall–Kier alpha value is -2.44. The zero-order valence-electron chi connectivity index (χ0n) is 13.5. The first kappa shape index (κ1) is 17.4. The summed E-state index contributed by atoms with van der Waals surface area (Å²) in [6, 6.07) is 15.1. The van der Waals surface area contributed by atoms with Gasteiger partial charge in [-0.25, -0.2) is 4.79 Å². The lowest BCUT2D eigenvalue weighted by molar-refractivity contribution is 0.151. The summed E-state index contributed by atoms with van der Waals surface area (Å²) in [4.78, 5) is 16.9. The van der Waals surface area contributed by atoms with Crippen molar-refractivity contribution >= 4 is 46.3 Å². The molecule has 1 aliphatic rings. The number of benzene rings is 2. The molecule has 1 atom stereocenters. The first-order valence-corrected chi connectivity index (χ1v) is 8.54. The quantitative estimate of drug-likeness (QED) is 0.798. The molecule has 0 saturated carbocycles. The Balaban J connectivity index is 2.06. The number of fused-ring (bicyclic) bond motifs is 1. The summed E-state index contributed by atoms with van der Waals surface area (Å²) >= 11 is 11.4. The number of ether oxygens (including phenoxy) is 1. The smallest absolute Gasteiger partial charge is 0.409 e. The fourth-order valence-corrected chi connectivity index (χ4v) is 2.82. The van der Waals surface area contributed by atoms with E-state index in [4.69, 9.17) is 28.6 Å². The number of aliphatic imine (C=N–C) groups is 1. The third-order valence-electron chi connectivity index (χ3n) is 3.59. The number of hydrogen-bond acceptors (Lipinski definition) is 4. The van der Waals surface area contributed by atoms with E-state index in [1.165, 1.54) is 0 Å². The minimum absolute atomic E-state index is 0.271. The Morgan fingerprint density at radius 2 is 2.00 bits per heavy atom. The van der Waals surface area contributed by atoms with E-state index in [0.29, 0.717) is 15.7 Å². The number of hydrogen-bond donors (Lipinski definition) is 2. The van der Waals surface area contributed by atoms with Crippen LogP contribution in [0, 0.1) is 0 Å². The average Bonchev–Trinajstić information content (AvgIpc) is 2.73. The average molecular weight is 374 g/mol. The zero-order chi connectivity index (χ0) is 17.8. The highest BCUT2D eigenvalue weighted by atomic mass is 35.5. The van der Waals surface area contributed by atoms with Gasteiger partial charge in [0, 0.05) is 21.8 Å². The van der Waals surface area contributed by atoms with Crippen molar-refractivity contribution in [1.82, 2.24) is 5.32 Å². The molecule has 0 aliphatic carbocycles. The van der Waals surface area contributed by atoms with Crippen LogP contribution in [0.3, 0.4) is 0 Å². The monoisotopic (exact) mass is 373 g/mol. The summed E-state index contributed by atoms with van der Waals surface area (Å²) in [5.74, 6) is 0. The van der Waals surface area contributed by atoms with Crippen molar-refractivity contribution in [2.75, 3.05) is 11.9 Å². The van der Waals surface area contributed by atoms with Crippen molar-refractivity contribution in [2.45, 2.75) is 13.1 Å². The van der Waals surface area contributed by atoms with Gasteiger partial charge in [0.2, 0.25) is 0 Å². The maximum absolute atomic E-state index is 11.8. The van der Waals surface area contributed by atoms with E-state index in [1.54, 1.807) is 19.1 Å². The number of amides is 1. The summed E-state index contributed by atoms with van der Waals surface area (Å²) in [5, 5.41) is 6.47. The van der Waals surface area contributed by atoms with Gasteiger partial charge in [-0.1, -0.05) is 54.2 Å². The number of anilines is 1. The summed E-state index contributed by atoms with van der Waals surface area (Å²) < 4.78 is 4.94. The number of halogens is 1. The van der Waals surface area contributed by atoms with E-state index in [-0.39, 0.29) is 6.61 Å². The Morgan fingerprint density at radius 3 is 2.72 bits per heavy atom. The SMILES string of the molecule is CCOC(=O)NC1N=C(c2ccc(Cl)cc2)c2ccccc2NC1=S. The molecule has 5 nitrogen and oxygen atoms in total. The molecule has 128 valence electrons. The van der Waals surface area contributed by atoms with Gasteiger partial charge in [-0.05, 0) is 25.1 Å². The Kier molecular flexibility index (Phi) is 5.31. The molecule has 2 aromatic carbocycles. The van der Waals surface area contributed by atoms with Gasteiger partial charge >= 0.3 is 6.09 Å². The van der Waals surface area contributed by atoms with Crippen LogP contribution >= 0.6 is 23.8 Å². The first-order valence-electron chi connectivity index (χ1n) is 7.76. The van der Waals surface area contributed by atoms with Gasteiger partial charge in [0.05, 0.1) is 12.3 Å². The van der Waals surface area contributed by atoms with Gasteiger partial charge in [0.25, 0.3) is 0 Å². The Labute approximate surface area is 156 Å². The predicted molar refractivity (Wildman–Crippen MR) is 104 cm³/mol. The van der Waals surface area contributed by atoms with Crippen LogP contribution < -0.4 is 10.6 Å².